The zero-order valence-corrected chi connectivity index (χ0v) is 11.9. The third-order valence-electron chi connectivity index (χ3n) is 3.98. The lowest BCUT2D eigenvalue weighted by molar-refractivity contribution is 0.0734. The maximum atomic E-state index is 12.6. The molecule has 104 valence electrons. The minimum Gasteiger partial charge on any atom is -0.486 e. The molecule has 2 N–H and O–H groups in total. The average Bonchev–Trinajstić information content (AvgIpc) is 2.36. The largest absolute Gasteiger partial charge is 0.486 e. The smallest absolute Gasteiger partial charge is 0.170 e. The molecule has 1 heterocycles. The Labute approximate surface area is 113 Å². The van der Waals surface area contributed by atoms with Crippen LogP contribution in [0.5, 0.6) is 11.5 Å². The Morgan fingerprint density at radius 1 is 1.11 bits per heavy atom. The van der Waals surface area contributed by atoms with Crippen molar-refractivity contribution in [1.29, 1.82) is 0 Å². The van der Waals surface area contributed by atoms with Crippen LogP contribution in [-0.2, 0) is 0 Å². The van der Waals surface area contributed by atoms with E-state index < -0.39 is 11.0 Å². The number of carbonyl (C=O) groups excluding carboxylic acids is 1. The predicted molar refractivity (Wildman–Crippen MR) is 73.8 cm³/mol. The summed E-state index contributed by atoms with van der Waals surface area (Å²) in [6.07, 6.45) is 0. The second-order valence-electron chi connectivity index (χ2n) is 6.03. The van der Waals surface area contributed by atoms with Gasteiger partial charge in [0, 0.05) is 16.5 Å². The second kappa shape index (κ2) is 4.53. The fourth-order valence-corrected chi connectivity index (χ4v) is 1.84. The van der Waals surface area contributed by atoms with Crippen LogP contribution in [0.4, 0.5) is 0 Å². The molecule has 0 fully saturated rings. The summed E-state index contributed by atoms with van der Waals surface area (Å²) in [6, 6.07) is 5.29. The Bertz CT molecular complexity index is 501. The molecule has 0 saturated carbocycles. The second-order valence-corrected chi connectivity index (χ2v) is 6.03. The zero-order chi connectivity index (χ0) is 14.3. The van der Waals surface area contributed by atoms with E-state index in [4.69, 9.17) is 15.2 Å². The topological polar surface area (TPSA) is 61.6 Å². The molecule has 0 saturated heterocycles. The molecule has 0 aliphatic carbocycles. The lowest BCUT2D eigenvalue weighted by Crippen LogP contribution is -2.51. The van der Waals surface area contributed by atoms with E-state index in [0.717, 1.165) is 0 Å². The number of carbonyl (C=O) groups is 1. The van der Waals surface area contributed by atoms with E-state index in [2.05, 4.69) is 0 Å². The maximum absolute atomic E-state index is 12.6. The molecular formula is C15H21NO3. The number of rotatable bonds is 3. The van der Waals surface area contributed by atoms with Crippen molar-refractivity contribution in [3.63, 3.8) is 0 Å². The Morgan fingerprint density at radius 2 is 1.68 bits per heavy atom. The monoisotopic (exact) mass is 263 g/mol. The van der Waals surface area contributed by atoms with E-state index in [1.54, 1.807) is 18.2 Å². The van der Waals surface area contributed by atoms with Crippen molar-refractivity contribution in [2.45, 2.75) is 33.2 Å². The van der Waals surface area contributed by atoms with Gasteiger partial charge in [-0.15, -0.1) is 0 Å². The van der Waals surface area contributed by atoms with E-state index in [9.17, 15) is 4.79 Å². The Hall–Kier alpha value is -1.55. The number of benzene rings is 1. The fourth-order valence-electron chi connectivity index (χ4n) is 1.84. The Morgan fingerprint density at radius 3 is 2.26 bits per heavy atom. The van der Waals surface area contributed by atoms with Gasteiger partial charge in [0.05, 0.1) is 0 Å². The molecule has 0 amide bonds. The third kappa shape index (κ3) is 2.45. The SMILES string of the molecule is CC(C)(N)C(C)(C)C(=O)c1ccc2c(c1)OCCO2. The fraction of sp³-hybridized carbons (Fsp3) is 0.533. The van der Waals surface area contributed by atoms with E-state index in [0.29, 0.717) is 30.3 Å². The van der Waals surface area contributed by atoms with E-state index in [1.165, 1.54) is 0 Å². The van der Waals surface area contributed by atoms with E-state index in [1.807, 2.05) is 27.7 Å². The molecule has 2 rings (SSSR count). The summed E-state index contributed by atoms with van der Waals surface area (Å²) in [5.41, 5.74) is 5.46. The van der Waals surface area contributed by atoms with Gasteiger partial charge in [-0.2, -0.15) is 0 Å². The number of ketones is 1. The van der Waals surface area contributed by atoms with Crippen LogP contribution in [0.3, 0.4) is 0 Å². The molecule has 4 nitrogen and oxygen atoms in total. The van der Waals surface area contributed by atoms with Gasteiger partial charge in [0.2, 0.25) is 0 Å². The van der Waals surface area contributed by atoms with Crippen molar-refractivity contribution in [3.8, 4) is 11.5 Å². The molecule has 1 aliphatic heterocycles. The van der Waals surface area contributed by atoms with Crippen LogP contribution in [0.2, 0.25) is 0 Å². The molecule has 1 aromatic carbocycles. The molecule has 0 aromatic heterocycles. The highest BCUT2D eigenvalue weighted by Crippen LogP contribution is 2.36. The molecule has 0 bridgehead atoms. The molecule has 0 unspecified atom stereocenters. The maximum Gasteiger partial charge on any atom is 0.170 e. The van der Waals surface area contributed by atoms with Gasteiger partial charge in [-0.1, -0.05) is 13.8 Å². The molecule has 1 aliphatic rings. The van der Waals surface area contributed by atoms with Crippen molar-refractivity contribution in [1.82, 2.24) is 0 Å². The molecular weight excluding hydrogens is 242 g/mol. The molecule has 0 radical (unpaired) electrons. The molecule has 0 spiro atoms. The summed E-state index contributed by atoms with van der Waals surface area (Å²) in [5, 5.41) is 0. The summed E-state index contributed by atoms with van der Waals surface area (Å²) in [5.74, 6) is 1.33. The standard InChI is InChI=1S/C15H21NO3/c1-14(2,15(3,4)16)13(17)10-5-6-11-12(9-10)19-8-7-18-11/h5-6,9H,7-8,16H2,1-4H3. The van der Waals surface area contributed by atoms with Gasteiger partial charge >= 0.3 is 0 Å². The van der Waals surface area contributed by atoms with Crippen LogP contribution in [-0.4, -0.2) is 24.5 Å². The number of fused-ring (bicyclic) bond motifs is 1. The third-order valence-corrected chi connectivity index (χ3v) is 3.98. The van der Waals surface area contributed by atoms with Gasteiger partial charge in [0.25, 0.3) is 0 Å². The van der Waals surface area contributed by atoms with Gasteiger partial charge in [-0.25, -0.2) is 0 Å². The van der Waals surface area contributed by atoms with Gasteiger partial charge < -0.3 is 15.2 Å². The van der Waals surface area contributed by atoms with Crippen molar-refractivity contribution in [2.24, 2.45) is 11.1 Å². The summed E-state index contributed by atoms with van der Waals surface area (Å²) in [7, 11) is 0. The Kier molecular flexibility index (Phi) is 3.31. The van der Waals surface area contributed by atoms with Crippen LogP contribution in [0.1, 0.15) is 38.1 Å². The summed E-state index contributed by atoms with van der Waals surface area (Å²) in [4.78, 5) is 12.6. The summed E-state index contributed by atoms with van der Waals surface area (Å²) >= 11 is 0. The Balaban J connectivity index is 2.35. The first-order valence-corrected chi connectivity index (χ1v) is 6.47. The summed E-state index contributed by atoms with van der Waals surface area (Å²) < 4.78 is 11.0. The molecule has 1 aromatic rings. The molecule has 19 heavy (non-hydrogen) atoms. The normalized spacial score (nSPS) is 15.2. The highest BCUT2D eigenvalue weighted by atomic mass is 16.6. The number of hydrogen-bond acceptors (Lipinski definition) is 4. The van der Waals surface area contributed by atoms with Gasteiger partial charge in [0.1, 0.15) is 13.2 Å². The lowest BCUT2D eigenvalue weighted by Gasteiger charge is -2.37. The predicted octanol–water partition coefficient (Wildman–Crippen LogP) is 2.40. The molecule has 0 atom stereocenters. The van der Waals surface area contributed by atoms with Crippen LogP contribution < -0.4 is 15.2 Å². The van der Waals surface area contributed by atoms with Gasteiger partial charge in [0.15, 0.2) is 17.3 Å². The number of ether oxygens (including phenoxy) is 2. The van der Waals surface area contributed by atoms with Crippen molar-refractivity contribution in [2.75, 3.05) is 13.2 Å². The van der Waals surface area contributed by atoms with Crippen LogP contribution >= 0.6 is 0 Å². The van der Waals surface area contributed by atoms with Crippen molar-refractivity contribution >= 4 is 5.78 Å². The first-order chi connectivity index (χ1) is 8.73. The van der Waals surface area contributed by atoms with Crippen LogP contribution in [0.25, 0.3) is 0 Å². The van der Waals surface area contributed by atoms with Crippen LogP contribution in [0, 0.1) is 5.41 Å². The van der Waals surface area contributed by atoms with E-state index >= 15 is 0 Å². The summed E-state index contributed by atoms with van der Waals surface area (Å²) in [6.45, 7) is 8.52. The highest BCUT2D eigenvalue weighted by molar-refractivity contribution is 6.01. The first-order valence-electron chi connectivity index (χ1n) is 6.47. The average molecular weight is 263 g/mol. The highest BCUT2D eigenvalue weighted by Gasteiger charge is 2.40. The van der Waals surface area contributed by atoms with E-state index in [-0.39, 0.29) is 5.78 Å². The van der Waals surface area contributed by atoms with Crippen molar-refractivity contribution in [3.05, 3.63) is 23.8 Å². The number of hydrogen-bond donors (Lipinski definition) is 1. The number of Topliss-reactive ketones (excluding diaryl/α,β-unsaturated/α-hetero) is 1. The quantitative estimate of drug-likeness (QED) is 0.851. The zero-order valence-electron chi connectivity index (χ0n) is 11.9. The van der Waals surface area contributed by atoms with Gasteiger partial charge in [-0.05, 0) is 32.0 Å². The van der Waals surface area contributed by atoms with Crippen LogP contribution in [0.15, 0.2) is 18.2 Å². The van der Waals surface area contributed by atoms with Gasteiger partial charge in [-0.3, -0.25) is 4.79 Å². The minimum atomic E-state index is -0.656. The minimum absolute atomic E-state index is 0.0111. The lowest BCUT2D eigenvalue weighted by atomic mass is 9.70. The number of nitrogens with two attached hydrogens (primary N) is 1. The van der Waals surface area contributed by atoms with Crippen molar-refractivity contribution < 1.29 is 14.3 Å². The molecule has 4 heteroatoms. The first kappa shape index (κ1) is 13.9.